The van der Waals surface area contributed by atoms with E-state index in [0.717, 1.165) is 0 Å². The zero-order valence-corrected chi connectivity index (χ0v) is 11.1. The van der Waals surface area contributed by atoms with E-state index in [0.29, 0.717) is 16.4 Å². The highest BCUT2D eigenvalue weighted by atomic mass is 35.5. The molecule has 0 saturated carbocycles. The zero-order chi connectivity index (χ0) is 13.1. The number of nitrogens with one attached hydrogen (secondary N) is 1. The third-order valence-electron chi connectivity index (χ3n) is 2.04. The molecule has 7 heteroatoms. The number of rotatable bonds is 2. The van der Waals surface area contributed by atoms with Gasteiger partial charge in [-0.25, -0.2) is 9.97 Å². The minimum atomic E-state index is -0.397. The van der Waals surface area contributed by atoms with Crippen molar-refractivity contribution in [1.29, 1.82) is 0 Å². The summed E-state index contributed by atoms with van der Waals surface area (Å²) in [5, 5.41) is 3.33. The van der Waals surface area contributed by atoms with Crippen LogP contribution in [0.15, 0.2) is 30.5 Å². The Kier molecular flexibility index (Phi) is 4.01. The number of amides is 1. The maximum atomic E-state index is 11.9. The number of hydrogen-bond acceptors (Lipinski definition) is 3. The molecule has 1 aromatic carbocycles. The lowest BCUT2D eigenvalue weighted by Crippen LogP contribution is -2.13. The number of halogens is 3. The average molecular weight is 303 g/mol. The Morgan fingerprint density at radius 3 is 2.61 bits per heavy atom. The van der Waals surface area contributed by atoms with Gasteiger partial charge in [-0.3, -0.25) is 4.79 Å². The number of aromatic nitrogens is 2. The molecule has 4 nitrogen and oxygen atoms in total. The Balaban J connectivity index is 2.22. The molecular formula is C11H6Cl3N3O. The van der Waals surface area contributed by atoms with Gasteiger partial charge in [0.15, 0.2) is 0 Å². The van der Waals surface area contributed by atoms with Crippen molar-refractivity contribution in [3.8, 4) is 0 Å². The summed E-state index contributed by atoms with van der Waals surface area (Å²) in [6.45, 7) is 0. The lowest BCUT2D eigenvalue weighted by Gasteiger charge is -2.06. The van der Waals surface area contributed by atoms with E-state index in [1.54, 1.807) is 6.07 Å². The van der Waals surface area contributed by atoms with Crippen LogP contribution in [0.5, 0.6) is 0 Å². The van der Waals surface area contributed by atoms with Crippen LogP contribution in [0.4, 0.5) is 5.82 Å². The van der Waals surface area contributed by atoms with Gasteiger partial charge in [0.25, 0.3) is 5.91 Å². The van der Waals surface area contributed by atoms with Gasteiger partial charge in [0.05, 0.1) is 10.6 Å². The standard InChI is InChI=1S/C11H6Cl3N3O/c12-6-1-2-7(8(13)5-6)10(18)16-9-3-4-15-11(14)17-9/h1-5H,(H,15,16,17,18). The molecule has 18 heavy (non-hydrogen) atoms. The summed E-state index contributed by atoms with van der Waals surface area (Å²) in [7, 11) is 0. The van der Waals surface area contributed by atoms with Crippen molar-refractivity contribution in [2.24, 2.45) is 0 Å². The first-order valence-electron chi connectivity index (χ1n) is 4.81. The van der Waals surface area contributed by atoms with Gasteiger partial charge >= 0.3 is 0 Å². The van der Waals surface area contributed by atoms with Crippen molar-refractivity contribution < 1.29 is 4.79 Å². The molecular weight excluding hydrogens is 296 g/mol. The van der Waals surface area contributed by atoms with E-state index in [-0.39, 0.29) is 10.3 Å². The summed E-state index contributed by atoms with van der Waals surface area (Å²) in [5.41, 5.74) is 0.302. The van der Waals surface area contributed by atoms with Crippen LogP contribution in [0.25, 0.3) is 0 Å². The van der Waals surface area contributed by atoms with E-state index in [1.165, 1.54) is 24.4 Å². The van der Waals surface area contributed by atoms with Crippen LogP contribution in [-0.4, -0.2) is 15.9 Å². The van der Waals surface area contributed by atoms with Crippen molar-refractivity contribution in [3.63, 3.8) is 0 Å². The van der Waals surface area contributed by atoms with Gasteiger partial charge in [0, 0.05) is 11.2 Å². The Morgan fingerprint density at radius 2 is 1.94 bits per heavy atom. The van der Waals surface area contributed by atoms with E-state index in [9.17, 15) is 4.79 Å². The molecule has 0 spiro atoms. The molecule has 92 valence electrons. The van der Waals surface area contributed by atoms with E-state index in [4.69, 9.17) is 34.8 Å². The molecule has 0 aliphatic heterocycles. The summed E-state index contributed by atoms with van der Waals surface area (Å²) < 4.78 is 0. The average Bonchev–Trinajstić information content (AvgIpc) is 2.28. The normalized spacial score (nSPS) is 10.2. The minimum Gasteiger partial charge on any atom is -0.306 e. The number of benzene rings is 1. The highest BCUT2D eigenvalue weighted by molar-refractivity contribution is 6.37. The second-order valence-electron chi connectivity index (χ2n) is 3.29. The monoisotopic (exact) mass is 301 g/mol. The molecule has 2 rings (SSSR count). The molecule has 1 N–H and O–H groups in total. The summed E-state index contributed by atoms with van der Waals surface area (Å²) in [4.78, 5) is 19.5. The maximum Gasteiger partial charge on any atom is 0.258 e. The molecule has 0 radical (unpaired) electrons. The number of nitrogens with zero attached hydrogens (tertiary/aromatic N) is 2. The van der Waals surface area contributed by atoms with Gasteiger partial charge in [-0.15, -0.1) is 0 Å². The Labute approximate surface area is 118 Å². The second-order valence-corrected chi connectivity index (χ2v) is 4.47. The van der Waals surface area contributed by atoms with Crippen LogP contribution in [0, 0.1) is 0 Å². The van der Waals surface area contributed by atoms with Crippen LogP contribution in [0.2, 0.25) is 15.3 Å². The lowest BCUT2D eigenvalue weighted by atomic mass is 10.2. The van der Waals surface area contributed by atoms with Crippen molar-refractivity contribution in [2.45, 2.75) is 0 Å². The summed E-state index contributed by atoms with van der Waals surface area (Å²) in [6.07, 6.45) is 1.44. The molecule has 1 amide bonds. The SMILES string of the molecule is O=C(Nc1ccnc(Cl)n1)c1ccc(Cl)cc1Cl. The lowest BCUT2D eigenvalue weighted by molar-refractivity contribution is 0.102. The zero-order valence-electron chi connectivity index (χ0n) is 8.82. The first kappa shape index (κ1) is 13.1. The van der Waals surface area contributed by atoms with Gasteiger partial charge in [-0.05, 0) is 35.9 Å². The molecule has 0 aliphatic carbocycles. The molecule has 2 aromatic rings. The van der Waals surface area contributed by atoms with Gasteiger partial charge in [-0.2, -0.15) is 0 Å². The fourth-order valence-corrected chi connectivity index (χ4v) is 1.90. The van der Waals surface area contributed by atoms with E-state index >= 15 is 0 Å². The largest absolute Gasteiger partial charge is 0.306 e. The van der Waals surface area contributed by atoms with Gasteiger partial charge in [0.2, 0.25) is 5.28 Å². The molecule has 0 fully saturated rings. The predicted molar refractivity (Wildman–Crippen MR) is 71.5 cm³/mol. The first-order chi connectivity index (χ1) is 8.56. The van der Waals surface area contributed by atoms with Crippen molar-refractivity contribution in [1.82, 2.24) is 9.97 Å². The van der Waals surface area contributed by atoms with Crippen molar-refractivity contribution in [3.05, 3.63) is 51.4 Å². The Morgan fingerprint density at radius 1 is 1.17 bits per heavy atom. The Bertz CT molecular complexity index is 604. The van der Waals surface area contributed by atoms with Crippen LogP contribution in [-0.2, 0) is 0 Å². The summed E-state index contributed by atoms with van der Waals surface area (Å²) >= 11 is 17.3. The van der Waals surface area contributed by atoms with Crippen LogP contribution >= 0.6 is 34.8 Å². The van der Waals surface area contributed by atoms with Gasteiger partial charge in [-0.1, -0.05) is 23.2 Å². The number of carbonyl (C=O) groups excluding carboxylic acids is 1. The minimum absolute atomic E-state index is 0.0509. The highest BCUT2D eigenvalue weighted by Gasteiger charge is 2.11. The summed E-state index contributed by atoms with van der Waals surface area (Å²) in [5.74, 6) is -0.0996. The van der Waals surface area contributed by atoms with E-state index in [1.807, 2.05) is 0 Å². The molecule has 1 aromatic heterocycles. The smallest absolute Gasteiger partial charge is 0.258 e. The molecule has 0 saturated heterocycles. The molecule has 1 heterocycles. The molecule has 0 aliphatic rings. The highest BCUT2D eigenvalue weighted by Crippen LogP contribution is 2.21. The third kappa shape index (κ3) is 3.10. The number of anilines is 1. The van der Waals surface area contributed by atoms with E-state index in [2.05, 4.69) is 15.3 Å². The van der Waals surface area contributed by atoms with Gasteiger partial charge in [0.1, 0.15) is 5.82 Å². The summed E-state index contributed by atoms with van der Waals surface area (Å²) in [6, 6.07) is 6.12. The molecule has 0 bridgehead atoms. The fourth-order valence-electron chi connectivity index (χ4n) is 1.26. The quantitative estimate of drug-likeness (QED) is 0.861. The molecule has 0 atom stereocenters. The van der Waals surface area contributed by atoms with E-state index < -0.39 is 5.91 Å². The fraction of sp³-hybridized carbons (Fsp3) is 0. The van der Waals surface area contributed by atoms with Crippen LogP contribution < -0.4 is 5.32 Å². The number of hydrogen-bond donors (Lipinski definition) is 1. The molecule has 0 unspecified atom stereocenters. The second kappa shape index (κ2) is 5.52. The number of carbonyl (C=O) groups is 1. The van der Waals surface area contributed by atoms with Gasteiger partial charge < -0.3 is 5.32 Å². The van der Waals surface area contributed by atoms with Crippen molar-refractivity contribution in [2.75, 3.05) is 5.32 Å². The van der Waals surface area contributed by atoms with Crippen LogP contribution in [0.1, 0.15) is 10.4 Å². The van der Waals surface area contributed by atoms with Crippen LogP contribution in [0.3, 0.4) is 0 Å². The topological polar surface area (TPSA) is 54.9 Å². The first-order valence-corrected chi connectivity index (χ1v) is 5.94. The van der Waals surface area contributed by atoms with Crippen molar-refractivity contribution >= 4 is 46.5 Å². The predicted octanol–water partition coefficient (Wildman–Crippen LogP) is 3.69. The maximum absolute atomic E-state index is 11.9. The third-order valence-corrected chi connectivity index (χ3v) is 2.77. The Hall–Kier alpha value is -1.36.